The molecule has 2 amide bonds. The second-order valence-electron chi connectivity index (χ2n) is 4.95. The third-order valence-corrected chi connectivity index (χ3v) is 3.66. The first-order valence-electron chi connectivity index (χ1n) is 6.48. The first kappa shape index (κ1) is 12.4. The minimum absolute atomic E-state index is 0.262. The van der Waals surface area contributed by atoms with Gasteiger partial charge in [-0.1, -0.05) is 24.3 Å². The molecule has 0 aromatic heterocycles. The van der Waals surface area contributed by atoms with Crippen molar-refractivity contribution in [2.45, 2.75) is 19.4 Å². The molecule has 2 aromatic carbocycles. The van der Waals surface area contributed by atoms with Crippen molar-refractivity contribution in [2.24, 2.45) is 0 Å². The van der Waals surface area contributed by atoms with Gasteiger partial charge in [-0.25, -0.2) is 0 Å². The third kappa shape index (κ3) is 1.62. The Hall–Kier alpha value is -2.60. The molecule has 1 atom stereocenters. The number of hydrogen-bond acceptors (Lipinski definition) is 2. The summed E-state index contributed by atoms with van der Waals surface area (Å²) < 4.78 is 0. The first-order chi connectivity index (χ1) is 9.65. The van der Waals surface area contributed by atoms with Crippen molar-refractivity contribution < 1.29 is 9.59 Å². The molecule has 1 heterocycles. The van der Waals surface area contributed by atoms with E-state index in [0.717, 1.165) is 10.8 Å². The number of carbonyl (C=O) groups excluding carboxylic acids is 2. The molecule has 0 radical (unpaired) electrons. The molecule has 0 aliphatic carbocycles. The monoisotopic (exact) mass is 263 g/mol. The van der Waals surface area contributed by atoms with E-state index in [9.17, 15) is 9.59 Å². The summed E-state index contributed by atoms with van der Waals surface area (Å²) in [6.07, 6.45) is 5.66. The number of amides is 2. The Labute approximate surface area is 117 Å². The molecule has 0 saturated carbocycles. The zero-order valence-electron chi connectivity index (χ0n) is 11.1. The lowest BCUT2D eigenvalue weighted by Gasteiger charge is -2.31. The van der Waals surface area contributed by atoms with E-state index in [2.05, 4.69) is 5.92 Å². The average molecular weight is 263 g/mol. The van der Waals surface area contributed by atoms with Crippen molar-refractivity contribution in [3.05, 3.63) is 47.5 Å². The molecule has 0 saturated heterocycles. The van der Waals surface area contributed by atoms with Gasteiger partial charge in [0.15, 0.2) is 0 Å². The van der Waals surface area contributed by atoms with Crippen molar-refractivity contribution in [1.29, 1.82) is 0 Å². The summed E-state index contributed by atoms with van der Waals surface area (Å²) in [5.41, 5.74) is 1.14. The van der Waals surface area contributed by atoms with Gasteiger partial charge < -0.3 is 0 Å². The smallest absolute Gasteiger partial charge is 0.261 e. The van der Waals surface area contributed by atoms with Gasteiger partial charge in [0.2, 0.25) is 0 Å². The van der Waals surface area contributed by atoms with Crippen LogP contribution in [0.3, 0.4) is 0 Å². The molecule has 1 aliphatic rings. The zero-order valence-corrected chi connectivity index (χ0v) is 11.1. The zero-order chi connectivity index (χ0) is 14.3. The van der Waals surface area contributed by atoms with Crippen LogP contribution in [0, 0.1) is 12.3 Å². The molecule has 0 N–H and O–H groups in total. The number of benzene rings is 2. The van der Waals surface area contributed by atoms with Crippen LogP contribution in [-0.2, 0) is 0 Å². The largest absolute Gasteiger partial charge is 0.271 e. The maximum absolute atomic E-state index is 12.6. The Balaban J connectivity index is 2.24. The molecular formula is C17H13NO2. The lowest BCUT2D eigenvalue weighted by Crippen LogP contribution is -2.45. The average Bonchev–Trinajstić information content (AvgIpc) is 2.45. The highest BCUT2D eigenvalue weighted by Gasteiger charge is 2.35. The number of imide groups is 1. The molecule has 3 heteroatoms. The summed E-state index contributed by atoms with van der Waals surface area (Å²) in [5, 5.41) is 1.65. The Bertz CT molecular complexity index is 719. The van der Waals surface area contributed by atoms with Gasteiger partial charge in [0.1, 0.15) is 0 Å². The summed E-state index contributed by atoms with van der Waals surface area (Å²) in [5.74, 6) is 1.98. The van der Waals surface area contributed by atoms with E-state index in [4.69, 9.17) is 6.42 Å². The topological polar surface area (TPSA) is 37.4 Å². The minimum Gasteiger partial charge on any atom is -0.271 e. The highest BCUT2D eigenvalue weighted by molar-refractivity contribution is 6.25. The van der Waals surface area contributed by atoms with Crippen molar-refractivity contribution in [3.8, 4) is 12.3 Å². The number of rotatable bonds is 2. The van der Waals surface area contributed by atoms with Crippen LogP contribution >= 0.6 is 0 Å². The van der Waals surface area contributed by atoms with Crippen LogP contribution in [0.2, 0.25) is 0 Å². The number of hydrogen-bond donors (Lipinski definition) is 0. The normalized spacial score (nSPS) is 15.3. The maximum Gasteiger partial charge on any atom is 0.261 e. The fourth-order valence-corrected chi connectivity index (χ4v) is 2.71. The fourth-order valence-electron chi connectivity index (χ4n) is 2.71. The summed E-state index contributed by atoms with van der Waals surface area (Å²) in [4.78, 5) is 26.4. The summed E-state index contributed by atoms with van der Waals surface area (Å²) in [6, 6.07) is 10.7. The van der Waals surface area contributed by atoms with Crippen molar-refractivity contribution in [3.63, 3.8) is 0 Å². The molecule has 98 valence electrons. The van der Waals surface area contributed by atoms with E-state index in [-0.39, 0.29) is 17.9 Å². The van der Waals surface area contributed by atoms with E-state index in [1.807, 2.05) is 24.3 Å². The lowest BCUT2D eigenvalue weighted by atomic mass is 9.93. The molecule has 0 spiro atoms. The van der Waals surface area contributed by atoms with Gasteiger partial charge in [-0.15, -0.1) is 12.3 Å². The Morgan fingerprint density at radius 2 is 1.65 bits per heavy atom. The van der Waals surface area contributed by atoms with Crippen molar-refractivity contribution in [1.82, 2.24) is 4.90 Å². The molecular weight excluding hydrogens is 250 g/mol. The van der Waals surface area contributed by atoms with Crippen LogP contribution in [0.15, 0.2) is 36.4 Å². The van der Waals surface area contributed by atoms with Crippen LogP contribution in [0.4, 0.5) is 0 Å². The van der Waals surface area contributed by atoms with Gasteiger partial charge >= 0.3 is 0 Å². The Morgan fingerprint density at radius 1 is 1.10 bits per heavy atom. The molecule has 1 aliphatic heterocycles. The third-order valence-electron chi connectivity index (χ3n) is 3.66. The molecule has 0 bridgehead atoms. The van der Waals surface area contributed by atoms with E-state index >= 15 is 0 Å². The van der Waals surface area contributed by atoms with Crippen molar-refractivity contribution in [2.75, 3.05) is 0 Å². The first-order valence-corrected chi connectivity index (χ1v) is 6.48. The fraction of sp³-hybridized carbons (Fsp3) is 0.176. The SMILES string of the molecule is C#CCC(C)N1C(=O)c2cccc3cccc(c23)C1=O. The predicted molar refractivity (Wildman–Crippen MR) is 77.4 cm³/mol. The highest BCUT2D eigenvalue weighted by atomic mass is 16.2. The van der Waals surface area contributed by atoms with Gasteiger partial charge in [-0.3, -0.25) is 14.5 Å². The van der Waals surface area contributed by atoms with Crippen LogP contribution in [0.5, 0.6) is 0 Å². The summed E-state index contributed by atoms with van der Waals surface area (Å²) in [6.45, 7) is 1.80. The second kappa shape index (κ2) is 4.50. The standard InChI is InChI=1S/C17H13NO2/c1-3-6-11(2)18-16(19)13-9-4-7-12-8-5-10-14(15(12)13)17(18)20/h1,4-5,7-11H,6H2,2H3. The Morgan fingerprint density at radius 3 is 2.15 bits per heavy atom. The predicted octanol–water partition coefficient (Wildman–Crippen LogP) is 2.85. The molecule has 1 unspecified atom stereocenters. The van der Waals surface area contributed by atoms with E-state index in [1.54, 1.807) is 19.1 Å². The van der Waals surface area contributed by atoms with E-state index < -0.39 is 0 Å². The Kier molecular flexibility index (Phi) is 2.80. The summed E-state index contributed by atoms with van der Waals surface area (Å²) in [7, 11) is 0. The van der Waals surface area contributed by atoms with Crippen LogP contribution in [-0.4, -0.2) is 22.8 Å². The van der Waals surface area contributed by atoms with E-state index in [0.29, 0.717) is 17.5 Å². The van der Waals surface area contributed by atoms with Crippen molar-refractivity contribution >= 4 is 22.6 Å². The molecule has 2 aromatic rings. The maximum atomic E-state index is 12.6. The second-order valence-corrected chi connectivity index (χ2v) is 4.95. The van der Waals surface area contributed by atoms with Crippen LogP contribution in [0.1, 0.15) is 34.1 Å². The quantitative estimate of drug-likeness (QED) is 0.617. The molecule has 3 nitrogen and oxygen atoms in total. The number of terminal acetylenes is 1. The van der Waals surface area contributed by atoms with Crippen LogP contribution < -0.4 is 0 Å². The van der Waals surface area contributed by atoms with E-state index in [1.165, 1.54) is 4.90 Å². The molecule has 3 rings (SSSR count). The highest BCUT2D eigenvalue weighted by Crippen LogP contribution is 2.31. The molecule has 20 heavy (non-hydrogen) atoms. The lowest BCUT2D eigenvalue weighted by molar-refractivity contribution is 0.0554. The minimum atomic E-state index is -0.302. The number of nitrogens with zero attached hydrogens (tertiary/aromatic N) is 1. The molecule has 0 fully saturated rings. The van der Waals surface area contributed by atoms with Gasteiger partial charge in [0.25, 0.3) is 11.8 Å². The van der Waals surface area contributed by atoms with Gasteiger partial charge in [-0.2, -0.15) is 0 Å². The van der Waals surface area contributed by atoms with Gasteiger partial charge in [0, 0.05) is 29.0 Å². The number of carbonyl (C=O) groups is 2. The summed E-state index contributed by atoms with van der Waals surface area (Å²) >= 11 is 0. The van der Waals surface area contributed by atoms with Crippen LogP contribution in [0.25, 0.3) is 10.8 Å². The van der Waals surface area contributed by atoms with Gasteiger partial charge in [0.05, 0.1) is 0 Å². The van der Waals surface area contributed by atoms with Gasteiger partial charge in [-0.05, 0) is 24.4 Å².